The number of hydrogen-bond donors (Lipinski definition) is 4. The average molecular weight is 280 g/mol. The quantitative estimate of drug-likeness (QED) is 0.570. The molecular weight excluding hydrogens is 264 g/mol. The molecule has 1 aliphatic rings. The number of nitrogens with one attached hydrogen (secondary N) is 1. The van der Waals surface area contributed by atoms with Crippen LogP contribution in [0.4, 0.5) is 5.95 Å². The number of anilines is 1. The molecule has 0 aromatic carbocycles. The molecule has 0 unspecified atom stereocenters. The lowest BCUT2D eigenvalue weighted by Gasteiger charge is -2.17. The summed E-state index contributed by atoms with van der Waals surface area (Å²) >= 11 is 0. The Morgan fingerprint density at radius 2 is 2.35 bits per heavy atom. The van der Waals surface area contributed by atoms with Gasteiger partial charge in [0.25, 0.3) is 5.56 Å². The SMILES string of the molecule is C[C@H]1[C@@H](O)[C@H](n2ccc3c(=O)[nH]c(N)nc32)O[C@@H]1CO. The second-order valence-corrected chi connectivity index (χ2v) is 5.01. The molecule has 1 saturated heterocycles. The minimum absolute atomic E-state index is 0.00157. The predicted molar refractivity (Wildman–Crippen MR) is 70.9 cm³/mol. The van der Waals surface area contributed by atoms with Crippen LogP contribution in [-0.2, 0) is 4.74 Å². The molecule has 8 heteroatoms. The molecule has 0 spiro atoms. The summed E-state index contributed by atoms with van der Waals surface area (Å²) in [6.07, 6.45) is -0.336. The molecule has 3 heterocycles. The Hall–Kier alpha value is -1.90. The van der Waals surface area contributed by atoms with Crippen LogP contribution in [0.25, 0.3) is 11.0 Å². The standard InChI is InChI=1S/C12H16N4O4/c1-5-7(4-17)20-11(8(5)18)16-3-2-6-9(16)14-12(13)15-10(6)19/h2-3,5,7-8,11,17-18H,4H2,1H3,(H3,13,14,15,19)/t5-,7-,8-,11-/m1/s1. The zero-order valence-electron chi connectivity index (χ0n) is 10.9. The van der Waals surface area contributed by atoms with Crippen LogP contribution < -0.4 is 11.3 Å². The van der Waals surface area contributed by atoms with E-state index in [2.05, 4.69) is 9.97 Å². The number of aliphatic hydroxyl groups excluding tert-OH is 2. The first kappa shape index (κ1) is 13.1. The van der Waals surface area contributed by atoms with Crippen LogP contribution in [0.5, 0.6) is 0 Å². The van der Waals surface area contributed by atoms with Crippen molar-refractivity contribution in [1.29, 1.82) is 0 Å². The van der Waals surface area contributed by atoms with Gasteiger partial charge < -0.3 is 25.3 Å². The van der Waals surface area contributed by atoms with Crippen molar-refractivity contribution in [1.82, 2.24) is 14.5 Å². The number of nitrogens with zero attached hydrogens (tertiary/aromatic N) is 2. The molecule has 0 radical (unpaired) electrons. The van der Waals surface area contributed by atoms with Gasteiger partial charge >= 0.3 is 0 Å². The summed E-state index contributed by atoms with van der Waals surface area (Å²) in [4.78, 5) is 18.3. The van der Waals surface area contributed by atoms with Crippen LogP contribution in [0.3, 0.4) is 0 Å². The summed E-state index contributed by atoms with van der Waals surface area (Å²) in [6.45, 7) is 1.62. The minimum atomic E-state index is -0.801. The lowest BCUT2D eigenvalue weighted by Crippen LogP contribution is -2.25. The summed E-state index contributed by atoms with van der Waals surface area (Å²) in [5, 5.41) is 19.8. The number of aromatic nitrogens is 3. The van der Waals surface area contributed by atoms with E-state index in [0.29, 0.717) is 11.0 Å². The lowest BCUT2D eigenvalue weighted by atomic mass is 10.0. The highest BCUT2D eigenvalue weighted by Crippen LogP contribution is 2.34. The fourth-order valence-electron chi connectivity index (χ4n) is 2.57. The number of aromatic amines is 1. The summed E-state index contributed by atoms with van der Waals surface area (Å²) in [5.74, 6) is -0.219. The number of nitrogens with two attached hydrogens (primary N) is 1. The van der Waals surface area contributed by atoms with Gasteiger partial charge in [-0.2, -0.15) is 4.98 Å². The monoisotopic (exact) mass is 280 g/mol. The topological polar surface area (TPSA) is 126 Å². The predicted octanol–water partition coefficient (Wildman–Crippen LogP) is -0.806. The molecule has 2 aromatic heterocycles. The van der Waals surface area contributed by atoms with Gasteiger partial charge in [0.15, 0.2) is 11.9 Å². The van der Waals surface area contributed by atoms with Gasteiger partial charge in [-0.1, -0.05) is 6.92 Å². The van der Waals surface area contributed by atoms with Gasteiger partial charge in [-0.3, -0.25) is 9.78 Å². The van der Waals surface area contributed by atoms with E-state index in [9.17, 15) is 15.0 Å². The van der Waals surface area contributed by atoms with E-state index in [4.69, 9.17) is 10.5 Å². The Bertz CT molecular complexity index is 694. The first-order chi connectivity index (χ1) is 9.52. The molecule has 0 aliphatic carbocycles. The van der Waals surface area contributed by atoms with E-state index in [0.717, 1.165) is 0 Å². The van der Waals surface area contributed by atoms with Crippen LogP contribution in [-0.4, -0.2) is 43.6 Å². The Labute approximate surface area is 113 Å². The highest BCUT2D eigenvalue weighted by molar-refractivity contribution is 5.76. The first-order valence-corrected chi connectivity index (χ1v) is 6.33. The van der Waals surface area contributed by atoms with Gasteiger partial charge in [-0.25, -0.2) is 0 Å². The van der Waals surface area contributed by atoms with Crippen molar-refractivity contribution in [2.75, 3.05) is 12.3 Å². The molecule has 3 rings (SSSR count). The molecule has 5 N–H and O–H groups in total. The number of nitrogen functional groups attached to an aromatic ring is 1. The Balaban J connectivity index is 2.09. The van der Waals surface area contributed by atoms with Crippen molar-refractivity contribution in [3.8, 4) is 0 Å². The molecule has 0 amide bonds. The summed E-state index contributed by atoms with van der Waals surface area (Å²) < 4.78 is 7.20. The summed E-state index contributed by atoms with van der Waals surface area (Å²) in [5.41, 5.74) is 5.55. The number of ether oxygens (including phenoxy) is 1. The number of H-pyrrole nitrogens is 1. The molecule has 1 aliphatic heterocycles. The third-order valence-electron chi connectivity index (χ3n) is 3.79. The average Bonchev–Trinajstić information content (AvgIpc) is 2.93. The zero-order valence-corrected chi connectivity index (χ0v) is 10.9. The van der Waals surface area contributed by atoms with E-state index in [-0.39, 0.29) is 24.0 Å². The van der Waals surface area contributed by atoms with E-state index >= 15 is 0 Å². The number of hydrogen-bond acceptors (Lipinski definition) is 6. The van der Waals surface area contributed by atoms with E-state index < -0.39 is 18.4 Å². The number of aliphatic hydroxyl groups is 2. The van der Waals surface area contributed by atoms with Crippen molar-refractivity contribution in [3.05, 3.63) is 22.6 Å². The molecule has 0 bridgehead atoms. The second kappa shape index (κ2) is 4.58. The third-order valence-corrected chi connectivity index (χ3v) is 3.79. The van der Waals surface area contributed by atoms with E-state index in [1.807, 2.05) is 0 Å². The van der Waals surface area contributed by atoms with Gasteiger partial charge in [0, 0.05) is 12.1 Å². The summed E-state index contributed by atoms with van der Waals surface area (Å²) in [6, 6.07) is 1.59. The van der Waals surface area contributed by atoms with Gasteiger partial charge in [0.05, 0.1) is 18.1 Å². The molecule has 8 nitrogen and oxygen atoms in total. The normalized spacial score (nSPS) is 30.1. The first-order valence-electron chi connectivity index (χ1n) is 6.33. The molecule has 4 atom stereocenters. The Kier molecular flexibility index (Phi) is 3.00. The molecule has 1 fully saturated rings. The van der Waals surface area contributed by atoms with Gasteiger partial charge in [-0.05, 0) is 6.07 Å². The van der Waals surface area contributed by atoms with E-state index in [1.54, 1.807) is 23.8 Å². The molecule has 108 valence electrons. The maximum absolute atomic E-state index is 11.8. The van der Waals surface area contributed by atoms with Crippen molar-refractivity contribution >= 4 is 17.0 Å². The zero-order chi connectivity index (χ0) is 14.4. The van der Waals surface area contributed by atoms with Crippen molar-refractivity contribution in [3.63, 3.8) is 0 Å². The lowest BCUT2D eigenvalue weighted by molar-refractivity contribution is -0.0488. The maximum Gasteiger partial charge on any atom is 0.261 e. The van der Waals surface area contributed by atoms with Crippen LogP contribution in [0.15, 0.2) is 17.1 Å². The van der Waals surface area contributed by atoms with Crippen molar-refractivity contribution < 1.29 is 14.9 Å². The fourth-order valence-corrected chi connectivity index (χ4v) is 2.57. The molecule has 2 aromatic rings. The van der Waals surface area contributed by atoms with Gasteiger partial charge in [0.2, 0.25) is 5.95 Å². The van der Waals surface area contributed by atoms with Crippen LogP contribution in [0.2, 0.25) is 0 Å². The largest absolute Gasteiger partial charge is 0.394 e. The second-order valence-electron chi connectivity index (χ2n) is 5.01. The molecule has 0 saturated carbocycles. The van der Waals surface area contributed by atoms with Crippen molar-refractivity contribution in [2.24, 2.45) is 5.92 Å². The van der Waals surface area contributed by atoms with E-state index in [1.165, 1.54) is 0 Å². The fraction of sp³-hybridized carbons (Fsp3) is 0.500. The minimum Gasteiger partial charge on any atom is -0.394 e. The Morgan fingerprint density at radius 3 is 3.00 bits per heavy atom. The maximum atomic E-state index is 11.8. The highest BCUT2D eigenvalue weighted by Gasteiger charge is 2.41. The number of rotatable bonds is 2. The van der Waals surface area contributed by atoms with Crippen molar-refractivity contribution in [2.45, 2.75) is 25.4 Å². The van der Waals surface area contributed by atoms with Gasteiger partial charge in [0.1, 0.15) is 6.10 Å². The number of fused-ring (bicyclic) bond motifs is 1. The van der Waals surface area contributed by atoms with Gasteiger partial charge in [-0.15, -0.1) is 0 Å². The summed E-state index contributed by atoms with van der Waals surface area (Å²) in [7, 11) is 0. The van der Waals surface area contributed by atoms with Crippen LogP contribution in [0, 0.1) is 5.92 Å². The Morgan fingerprint density at radius 1 is 1.60 bits per heavy atom. The highest BCUT2D eigenvalue weighted by atomic mass is 16.5. The molecular formula is C12H16N4O4. The third kappa shape index (κ3) is 1.80. The smallest absolute Gasteiger partial charge is 0.261 e. The van der Waals surface area contributed by atoms with Crippen LogP contribution >= 0.6 is 0 Å². The molecule has 20 heavy (non-hydrogen) atoms. The van der Waals surface area contributed by atoms with Crippen LogP contribution in [0.1, 0.15) is 13.2 Å².